The molecule has 0 aliphatic carbocycles. The molecule has 1 unspecified atom stereocenters. The van der Waals surface area contributed by atoms with E-state index in [4.69, 9.17) is 0 Å². The van der Waals surface area contributed by atoms with Gasteiger partial charge in [-0.15, -0.1) is 11.3 Å². The number of benzene rings is 1. The lowest BCUT2D eigenvalue weighted by atomic mass is 9.97. The lowest BCUT2D eigenvalue weighted by Crippen LogP contribution is -2.35. The SMILES string of the molecule is CC(CC(=O)N1CCc2sccc2C1)c1ccccc1. The number of nitrogens with zero attached hydrogens (tertiary/aromatic N) is 1. The minimum atomic E-state index is 0.276. The van der Waals surface area contributed by atoms with Gasteiger partial charge in [0.15, 0.2) is 0 Å². The predicted octanol–water partition coefficient (Wildman–Crippen LogP) is 3.83. The molecule has 1 aromatic carbocycles. The Kier molecular flexibility index (Phi) is 3.88. The van der Waals surface area contributed by atoms with Crippen molar-refractivity contribution >= 4 is 17.2 Å². The minimum Gasteiger partial charge on any atom is -0.338 e. The van der Waals surface area contributed by atoms with E-state index in [1.807, 2.05) is 34.4 Å². The summed E-state index contributed by atoms with van der Waals surface area (Å²) in [5.74, 6) is 0.561. The molecular formula is C17H19NOS. The zero-order valence-corrected chi connectivity index (χ0v) is 12.5. The molecule has 1 aliphatic heterocycles. The number of carbonyl (C=O) groups is 1. The second-order valence-corrected chi connectivity index (χ2v) is 6.45. The Balaban J connectivity index is 1.63. The molecule has 3 rings (SSSR count). The Hall–Kier alpha value is -1.61. The molecule has 104 valence electrons. The smallest absolute Gasteiger partial charge is 0.223 e. The highest BCUT2D eigenvalue weighted by Crippen LogP contribution is 2.26. The highest BCUT2D eigenvalue weighted by Gasteiger charge is 2.22. The van der Waals surface area contributed by atoms with Crippen LogP contribution in [0.4, 0.5) is 0 Å². The van der Waals surface area contributed by atoms with Gasteiger partial charge in [-0.05, 0) is 34.9 Å². The molecule has 1 amide bonds. The summed E-state index contributed by atoms with van der Waals surface area (Å²) in [5, 5.41) is 2.13. The summed E-state index contributed by atoms with van der Waals surface area (Å²) in [5.41, 5.74) is 2.58. The molecule has 0 saturated carbocycles. The van der Waals surface area contributed by atoms with E-state index in [0.717, 1.165) is 19.5 Å². The van der Waals surface area contributed by atoms with E-state index in [-0.39, 0.29) is 11.8 Å². The van der Waals surface area contributed by atoms with Crippen LogP contribution in [0.25, 0.3) is 0 Å². The van der Waals surface area contributed by atoms with Crippen LogP contribution in [0.15, 0.2) is 41.8 Å². The number of amides is 1. The normalized spacial score (nSPS) is 15.8. The van der Waals surface area contributed by atoms with E-state index >= 15 is 0 Å². The molecule has 1 aliphatic rings. The van der Waals surface area contributed by atoms with Crippen LogP contribution in [0.5, 0.6) is 0 Å². The van der Waals surface area contributed by atoms with Crippen LogP contribution >= 0.6 is 11.3 Å². The van der Waals surface area contributed by atoms with Crippen LogP contribution in [0.3, 0.4) is 0 Å². The lowest BCUT2D eigenvalue weighted by molar-refractivity contribution is -0.132. The third-order valence-corrected chi connectivity index (χ3v) is 5.03. The summed E-state index contributed by atoms with van der Waals surface area (Å²) in [7, 11) is 0. The minimum absolute atomic E-state index is 0.276. The van der Waals surface area contributed by atoms with E-state index in [9.17, 15) is 4.79 Å². The highest BCUT2D eigenvalue weighted by atomic mass is 32.1. The van der Waals surface area contributed by atoms with Crippen LogP contribution in [-0.4, -0.2) is 17.4 Å². The molecule has 20 heavy (non-hydrogen) atoms. The number of hydrogen-bond acceptors (Lipinski definition) is 2. The van der Waals surface area contributed by atoms with Crippen molar-refractivity contribution < 1.29 is 4.79 Å². The van der Waals surface area contributed by atoms with Crippen molar-refractivity contribution in [2.24, 2.45) is 0 Å². The maximum Gasteiger partial charge on any atom is 0.223 e. The molecule has 3 heteroatoms. The first-order valence-electron chi connectivity index (χ1n) is 7.12. The quantitative estimate of drug-likeness (QED) is 0.839. The molecule has 0 bridgehead atoms. The second kappa shape index (κ2) is 5.80. The first-order valence-corrected chi connectivity index (χ1v) is 8.00. The summed E-state index contributed by atoms with van der Waals surface area (Å²) < 4.78 is 0. The molecule has 1 aromatic heterocycles. The van der Waals surface area contributed by atoms with Gasteiger partial charge in [-0.1, -0.05) is 37.3 Å². The number of rotatable bonds is 3. The number of carbonyl (C=O) groups excluding carboxylic acids is 1. The van der Waals surface area contributed by atoms with Gasteiger partial charge in [-0.3, -0.25) is 4.79 Å². The van der Waals surface area contributed by atoms with E-state index in [1.165, 1.54) is 16.0 Å². The maximum absolute atomic E-state index is 12.4. The molecule has 0 spiro atoms. The largest absolute Gasteiger partial charge is 0.338 e. The standard InChI is InChI=1S/C17H19NOS/c1-13(14-5-3-2-4-6-14)11-17(19)18-9-7-16-15(12-18)8-10-20-16/h2-6,8,10,13H,7,9,11-12H2,1H3. The Bertz CT molecular complexity index is 590. The Morgan fingerprint density at radius 2 is 2.10 bits per heavy atom. The highest BCUT2D eigenvalue weighted by molar-refractivity contribution is 7.10. The molecular weight excluding hydrogens is 266 g/mol. The van der Waals surface area contributed by atoms with Crippen LogP contribution in [-0.2, 0) is 17.8 Å². The fraction of sp³-hybridized carbons (Fsp3) is 0.353. The molecule has 0 saturated heterocycles. The summed E-state index contributed by atoms with van der Waals surface area (Å²) in [6.07, 6.45) is 1.61. The van der Waals surface area contributed by atoms with Gasteiger partial charge < -0.3 is 4.90 Å². The van der Waals surface area contributed by atoms with Crippen LogP contribution in [0.1, 0.15) is 35.3 Å². The Morgan fingerprint density at radius 3 is 2.90 bits per heavy atom. The van der Waals surface area contributed by atoms with Gasteiger partial charge in [0.2, 0.25) is 5.91 Å². The fourth-order valence-electron chi connectivity index (χ4n) is 2.75. The topological polar surface area (TPSA) is 20.3 Å². The Labute approximate surface area is 124 Å². The first kappa shape index (κ1) is 13.4. The summed E-state index contributed by atoms with van der Waals surface area (Å²) in [6, 6.07) is 12.4. The molecule has 0 N–H and O–H groups in total. The molecule has 2 aromatic rings. The second-order valence-electron chi connectivity index (χ2n) is 5.45. The van der Waals surface area contributed by atoms with Crippen molar-refractivity contribution in [1.29, 1.82) is 0 Å². The Morgan fingerprint density at radius 1 is 1.30 bits per heavy atom. The van der Waals surface area contributed by atoms with E-state index in [2.05, 4.69) is 30.5 Å². The van der Waals surface area contributed by atoms with Gasteiger partial charge in [0.1, 0.15) is 0 Å². The van der Waals surface area contributed by atoms with Crippen molar-refractivity contribution in [2.75, 3.05) is 6.54 Å². The summed E-state index contributed by atoms with van der Waals surface area (Å²) in [6.45, 7) is 3.79. The van der Waals surface area contributed by atoms with Crippen molar-refractivity contribution in [3.8, 4) is 0 Å². The van der Waals surface area contributed by atoms with Gasteiger partial charge in [0, 0.05) is 24.4 Å². The average molecular weight is 285 g/mol. The average Bonchev–Trinajstić information content (AvgIpc) is 2.95. The van der Waals surface area contributed by atoms with Gasteiger partial charge in [-0.2, -0.15) is 0 Å². The van der Waals surface area contributed by atoms with Gasteiger partial charge in [0.05, 0.1) is 0 Å². The van der Waals surface area contributed by atoms with Crippen LogP contribution in [0, 0.1) is 0 Å². The lowest BCUT2D eigenvalue weighted by Gasteiger charge is -2.28. The summed E-state index contributed by atoms with van der Waals surface area (Å²) >= 11 is 1.81. The zero-order chi connectivity index (χ0) is 13.9. The third kappa shape index (κ3) is 2.78. The van der Waals surface area contributed by atoms with Gasteiger partial charge in [0.25, 0.3) is 0 Å². The first-order chi connectivity index (χ1) is 9.74. The van der Waals surface area contributed by atoms with Gasteiger partial charge >= 0.3 is 0 Å². The van der Waals surface area contributed by atoms with Crippen molar-refractivity contribution in [3.05, 3.63) is 57.8 Å². The van der Waals surface area contributed by atoms with Crippen molar-refractivity contribution in [1.82, 2.24) is 4.90 Å². The van der Waals surface area contributed by atoms with Crippen molar-refractivity contribution in [3.63, 3.8) is 0 Å². The number of hydrogen-bond donors (Lipinski definition) is 0. The molecule has 2 nitrogen and oxygen atoms in total. The van der Waals surface area contributed by atoms with Crippen LogP contribution in [0.2, 0.25) is 0 Å². The van der Waals surface area contributed by atoms with E-state index in [0.29, 0.717) is 6.42 Å². The predicted molar refractivity (Wildman–Crippen MR) is 82.9 cm³/mol. The monoisotopic (exact) mass is 285 g/mol. The fourth-order valence-corrected chi connectivity index (χ4v) is 3.64. The number of fused-ring (bicyclic) bond motifs is 1. The maximum atomic E-state index is 12.4. The van der Waals surface area contributed by atoms with Gasteiger partial charge in [-0.25, -0.2) is 0 Å². The van der Waals surface area contributed by atoms with E-state index < -0.39 is 0 Å². The molecule has 0 radical (unpaired) electrons. The van der Waals surface area contributed by atoms with E-state index in [1.54, 1.807) is 0 Å². The summed E-state index contributed by atoms with van der Waals surface area (Å²) in [4.78, 5) is 15.9. The van der Waals surface area contributed by atoms with Crippen LogP contribution < -0.4 is 0 Å². The third-order valence-electron chi connectivity index (χ3n) is 4.01. The van der Waals surface area contributed by atoms with Crippen molar-refractivity contribution in [2.45, 2.75) is 32.2 Å². The molecule has 0 fully saturated rings. The number of thiophene rings is 1. The molecule has 2 heterocycles. The molecule has 1 atom stereocenters. The zero-order valence-electron chi connectivity index (χ0n) is 11.7.